The first-order valence-corrected chi connectivity index (χ1v) is 9.16. The van der Waals surface area contributed by atoms with Crippen LogP contribution in [0.5, 0.6) is 5.75 Å². The minimum atomic E-state index is -0.361. The Kier molecular flexibility index (Phi) is 6.47. The Hall–Kier alpha value is -3.80. The molecule has 0 bridgehead atoms. The standard InChI is InChI=1S/C23H16ClN3O2/c24-20-11-10-18(13-25)21(12-20)27(15-17-6-2-1-3-7-17)23(28)16-29-22-9-5-4-8-19(22)14-26/h1-12H,15-16H2. The maximum atomic E-state index is 13.1. The summed E-state index contributed by atoms with van der Waals surface area (Å²) in [5.41, 5.74) is 1.97. The van der Waals surface area contributed by atoms with E-state index >= 15 is 0 Å². The van der Waals surface area contributed by atoms with E-state index in [1.165, 1.54) is 4.90 Å². The molecule has 0 unspecified atom stereocenters. The number of halogens is 1. The van der Waals surface area contributed by atoms with Crippen LogP contribution in [0.4, 0.5) is 5.69 Å². The molecular weight excluding hydrogens is 386 g/mol. The van der Waals surface area contributed by atoms with Gasteiger partial charge in [-0.2, -0.15) is 10.5 Å². The second-order valence-corrected chi connectivity index (χ2v) is 6.57. The summed E-state index contributed by atoms with van der Waals surface area (Å²) in [4.78, 5) is 14.5. The van der Waals surface area contributed by atoms with Gasteiger partial charge in [0.2, 0.25) is 0 Å². The minimum absolute atomic E-state index is 0.248. The van der Waals surface area contributed by atoms with Gasteiger partial charge in [0.1, 0.15) is 17.9 Å². The molecule has 0 atom stereocenters. The monoisotopic (exact) mass is 401 g/mol. The van der Waals surface area contributed by atoms with Gasteiger partial charge in [0.25, 0.3) is 5.91 Å². The fourth-order valence-electron chi connectivity index (χ4n) is 2.80. The van der Waals surface area contributed by atoms with Crippen molar-refractivity contribution in [3.8, 4) is 17.9 Å². The van der Waals surface area contributed by atoms with Gasteiger partial charge in [0.15, 0.2) is 6.61 Å². The molecule has 0 radical (unpaired) electrons. The Balaban J connectivity index is 1.91. The highest BCUT2D eigenvalue weighted by Gasteiger charge is 2.21. The van der Waals surface area contributed by atoms with Crippen molar-refractivity contribution >= 4 is 23.2 Å². The van der Waals surface area contributed by atoms with E-state index in [0.29, 0.717) is 27.6 Å². The van der Waals surface area contributed by atoms with Gasteiger partial charge >= 0.3 is 0 Å². The molecule has 29 heavy (non-hydrogen) atoms. The first-order chi connectivity index (χ1) is 14.1. The molecule has 0 aliphatic heterocycles. The highest BCUT2D eigenvalue weighted by molar-refractivity contribution is 6.31. The maximum Gasteiger partial charge on any atom is 0.265 e. The molecule has 1 amide bonds. The molecule has 0 aliphatic rings. The SMILES string of the molecule is N#Cc1ccccc1OCC(=O)N(Cc1ccccc1)c1cc(Cl)ccc1C#N. The van der Waals surface area contributed by atoms with Crippen molar-refractivity contribution in [1.82, 2.24) is 0 Å². The Morgan fingerprint density at radius 1 is 0.931 bits per heavy atom. The molecular formula is C23H16ClN3O2. The third-order valence-corrected chi connectivity index (χ3v) is 4.45. The summed E-state index contributed by atoms with van der Waals surface area (Å²) in [6.07, 6.45) is 0. The average molecular weight is 402 g/mol. The fourth-order valence-corrected chi connectivity index (χ4v) is 2.96. The summed E-state index contributed by atoms with van der Waals surface area (Å²) >= 11 is 6.12. The number of nitrogens with zero attached hydrogens (tertiary/aromatic N) is 3. The quantitative estimate of drug-likeness (QED) is 0.600. The van der Waals surface area contributed by atoms with Crippen LogP contribution in [-0.4, -0.2) is 12.5 Å². The van der Waals surface area contributed by atoms with Crippen LogP contribution in [0.25, 0.3) is 0 Å². The predicted octanol–water partition coefficient (Wildman–Crippen LogP) is 4.70. The minimum Gasteiger partial charge on any atom is -0.482 e. The molecule has 0 heterocycles. The van der Waals surface area contributed by atoms with Gasteiger partial charge in [0.05, 0.1) is 23.4 Å². The van der Waals surface area contributed by atoms with Crippen LogP contribution in [0.1, 0.15) is 16.7 Å². The van der Waals surface area contributed by atoms with Crippen LogP contribution >= 0.6 is 11.6 Å². The average Bonchev–Trinajstić information content (AvgIpc) is 2.76. The predicted molar refractivity (Wildman–Crippen MR) is 110 cm³/mol. The number of rotatable bonds is 6. The largest absolute Gasteiger partial charge is 0.482 e. The van der Waals surface area contributed by atoms with E-state index in [2.05, 4.69) is 6.07 Å². The molecule has 0 aliphatic carbocycles. The molecule has 5 nitrogen and oxygen atoms in total. The van der Waals surface area contributed by atoms with Gasteiger partial charge in [-0.15, -0.1) is 0 Å². The number of anilines is 1. The number of benzene rings is 3. The number of amides is 1. The van der Waals surface area contributed by atoms with Crippen molar-refractivity contribution < 1.29 is 9.53 Å². The molecule has 0 fully saturated rings. The van der Waals surface area contributed by atoms with E-state index in [1.807, 2.05) is 36.4 Å². The Morgan fingerprint density at radius 2 is 1.62 bits per heavy atom. The zero-order chi connectivity index (χ0) is 20.6. The maximum absolute atomic E-state index is 13.1. The zero-order valence-corrected chi connectivity index (χ0v) is 16.1. The lowest BCUT2D eigenvalue weighted by molar-refractivity contribution is -0.120. The van der Waals surface area contributed by atoms with E-state index < -0.39 is 0 Å². The van der Waals surface area contributed by atoms with Crippen LogP contribution in [0, 0.1) is 22.7 Å². The molecule has 0 spiro atoms. The smallest absolute Gasteiger partial charge is 0.265 e. The first kappa shape index (κ1) is 19.9. The Labute approximate surface area is 173 Å². The van der Waals surface area contributed by atoms with Gasteiger partial charge in [-0.1, -0.05) is 54.1 Å². The van der Waals surface area contributed by atoms with E-state index in [9.17, 15) is 15.3 Å². The summed E-state index contributed by atoms with van der Waals surface area (Å²) in [5, 5.41) is 19.1. The van der Waals surface area contributed by atoms with E-state index in [1.54, 1.807) is 42.5 Å². The molecule has 142 valence electrons. The Morgan fingerprint density at radius 3 is 2.34 bits per heavy atom. The van der Waals surface area contributed by atoms with Crippen LogP contribution in [-0.2, 0) is 11.3 Å². The highest BCUT2D eigenvalue weighted by atomic mass is 35.5. The highest BCUT2D eigenvalue weighted by Crippen LogP contribution is 2.27. The van der Waals surface area contributed by atoms with Gasteiger partial charge in [-0.3, -0.25) is 4.79 Å². The topological polar surface area (TPSA) is 77.1 Å². The fraction of sp³-hybridized carbons (Fsp3) is 0.0870. The summed E-state index contributed by atoms with van der Waals surface area (Å²) in [5.74, 6) is -0.0324. The van der Waals surface area contributed by atoms with Crippen molar-refractivity contribution in [2.24, 2.45) is 0 Å². The third kappa shape index (κ3) is 4.93. The Bertz CT molecular complexity index is 1100. The van der Waals surface area contributed by atoms with Crippen molar-refractivity contribution in [1.29, 1.82) is 10.5 Å². The van der Waals surface area contributed by atoms with Crippen LogP contribution in [0.2, 0.25) is 5.02 Å². The van der Waals surface area contributed by atoms with Crippen LogP contribution in [0.15, 0.2) is 72.8 Å². The molecule has 0 saturated heterocycles. The number of hydrogen-bond acceptors (Lipinski definition) is 4. The third-order valence-electron chi connectivity index (χ3n) is 4.21. The molecule has 0 aromatic heterocycles. The van der Waals surface area contributed by atoms with Gasteiger partial charge in [-0.25, -0.2) is 0 Å². The molecule has 3 aromatic carbocycles. The second-order valence-electron chi connectivity index (χ2n) is 6.14. The zero-order valence-electron chi connectivity index (χ0n) is 15.4. The number of nitriles is 2. The molecule has 3 aromatic rings. The molecule has 6 heteroatoms. The number of para-hydroxylation sites is 1. The number of carbonyl (C=O) groups excluding carboxylic acids is 1. The molecule has 0 N–H and O–H groups in total. The lowest BCUT2D eigenvalue weighted by atomic mass is 10.1. The summed E-state index contributed by atoms with van der Waals surface area (Å²) in [6, 6.07) is 25.0. The summed E-state index contributed by atoms with van der Waals surface area (Å²) in [6.45, 7) is -0.0408. The van der Waals surface area contributed by atoms with Gasteiger partial charge in [0, 0.05) is 5.02 Å². The van der Waals surface area contributed by atoms with Gasteiger partial charge in [-0.05, 0) is 35.9 Å². The normalized spacial score (nSPS) is 9.90. The lowest BCUT2D eigenvalue weighted by Crippen LogP contribution is -2.35. The molecule has 3 rings (SSSR count). The first-order valence-electron chi connectivity index (χ1n) is 8.78. The van der Waals surface area contributed by atoms with Crippen molar-refractivity contribution in [2.45, 2.75) is 6.54 Å². The van der Waals surface area contributed by atoms with Crippen molar-refractivity contribution in [3.63, 3.8) is 0 Å². The number of carbonyl (C=O) groups is 1. The van der Waals surface area contributed by atoms with Crippen molar-refractivity contribution in [3.05, 3.63) is 94.5 Å². The molecule has 0 saturated carbocycles. The van der Waals surface area contributed by atoms with Crippen molar-refractivity contribution in [2.75, 3.05) is 11.5 Å². The van der Waals surface area contributed by atoms with E-state index in [4.69, 9.17) is 16.3 Å². The number of ether oxygens (including phenoxy) is 1. The summed E-state index contributed by atoms with van der Waals surface area (Å²) in [7, 11) is 0. The second kappa shape index (κ2) is 9.41. The lowest BCUT2D eigenvalue weighted by Gasteiger charge is -2.24. The van der Waals surface area contributed by atoms with Crippen LogP contribution < -0.4 is 9.64 Å². The van der Waals surface area contributed by atoms with Gasteiger partial charge < -0.3 is 9.64 Å². The van der Waals surface area contributed by atoms with Crippen LogP contribution in [0.3, 0.4) is 0 Å². The van der Waals surface area contributed by atoms with E-state index in [0.717, 1.165) is 5.56 Å². The summed E-state index contributed by atoms with van der Waals surface area (Å²) < 4.78 is 5.60. The van der Waals surface area contributed by atoms with E-state index in [-0.39, 0.29) is 19.1 Å². The number of hydrogen-bond donors (Lipinski definition) is 0.